The molecular weight excluding hydrogens is 1150 g/mol. The number of aryl methyl sites for hydroxylation is 1. The number of aliphatic hydroxyl groups excluding tert-OH is 3. The molecule has 39 nitrogen and oxygen atoms in total. The number of nitrogens with two attached hydrogens (primary N) is 2. The molecule has 3 saturated heterocycles. The van der Waals surface area contributed by atoms with Crippen molar-refractivity contribution in [3.63, 3.8) is 0 Å². The standard InChI is InChI=1S/C36H51N13O26P4/c1-4-7-66-36(56)39-8-15-16(70-31(22(15)51)49-14-46(2)21-29(49)44-34(38)45-30(21)54)9-68-77(59,60)74-79(63,64)75-78(61,62)69-11-18-25(26(65-3)33(72-18)48-13-42-20-27(37)40-12-41-28(20)48)73-76(57,58)67-10-17-23(52)24(53)32(71-17)47-6-5-19(50)43-35(47)55/h5-6,12-18,22-26,31-33,51-53H,4,7-11H2,1-3H3,(H10-,37,38,39,40,41,43,44,45,50,54,55,56,57,58,59,60,61,62,63,64)/p+1/t15-,16-,17-,18?,22-,23-,24-,25-,26-,31-,32-,33-/m1/s1. The number of fused-ring (bicyclic) bond motifs is 2. The normalized spacial score (nSPS) is 29.3. The van der Waals surface area contributed by atoms with E-state index in [-0.39, 0.29) is 40.7 Å². The van der Waals surface area contributed by atoms with Crippen LogP contribution < -0.4 is 38.2 Å². The topological polar surface area (TPSA) is 546 Å². The monoisotopic (exact) mass is 1210 g/mol. The van der Waals surface area contributed by atoms with Crippen LogP contribution in [0.5, 0.6) is 0 Å². The first kappa shape index (κ1) is 59.8. The van der Waals surface area contributed by atoms with Crippen LogP contribution in [0.4, 0.5) is 16.6 Å². The number of nitrogens with zero attached hydrogens (tertiary/aromatic N) is 8. The Morgan fingerprint density at radius 3 is 2.09 bits per heavy atom. The van der Waals surface area contributed by atoms with Crippen LogP contribution in [0.3, 0.4) is 0 Å². The fourth-order valence-electron chi connectivity index (χ4n) is 8.57. The SMILES string of the molecule is CCCOC(=O)NC[C@H]1[C@@H](O)[C@H](n2c[n+](C)c3c(=O)[nH]c(N)nc32)O[C@@H]1COP(=O)(O)OP(=O)(O)OP(=O)(O)OCC1O[C@@H](n2cnc3c(N)ncnc32)[C@H](OC)[C@@H]1OP(=O)(O)OC[C@H]1O[C@@H](n2ccc(=O)[nH]c2=O)[C@H](O)[C@@H]1O. The summed E-state index contributed by atoms with van der Waals surface area (Å²) in [6.45, 7) is -2.08. The predicted molar refractivity (Wildman–Crippen MR) is 255 cm³/mol. The van der Waals surface area contributed by atoms with Gasteiger partial charge in [-0.05, 0) is 6.42 Å². The Morgan fingerprint density at radius 1 is 0.785 bits per heavy atom. The highest BCUT2D eigenvalue weighted by atomic mass is 31.3. The van der Waals surface area contributed by atoms with Crippen LogP contribution in [-0.4, -0.2) is 174 Å². The van der Waals surface area contributed by atoms with Gasteiger partial charge in [0.15, 0.2) is 23.9 Å². The Labute approximate surface area is 440 Å². The number of rotatable bonds is 23. The van der Waals surface area contributed by atoms with Gasteiger partial charge in [0.1, 0.15) is 54.6 Å². The van der Waals surface area contributed by atoms with Crippen molar-refractivity contribution >= 4 is 71.5 Å². The molecule has 14 N–H and O–H groups in total. The first-order valence-corrected chi connectivity index (χ1v) is 28.9. The number of aromatic amines is 2. The van der Waals surface area contributed by atoms with Crippen LogP contribution >= 0.6 is 31.3 Å². The van der Waals surface area contributed by atoms with Crippen LogP contribution in [0, 0.1) is 5.92 Å². The molecule has 5 unspecified atom stereocenters. The van der Waals surface area contributed by atoms with Crippen molar-refractivity contribution in [1.82, 2.24) is 48.9 Å². The summed E-state index contributed by atoms with van der Waals surface area (Å²) < 4.78 is 115. The van der Waals surface area contributed by atoms with Crippen LogP contribution in [0.1, 0.15) is 32.0 Å². The lowest BCUT2D eigenvalue weighted by atomic mass is 9.98. The van der Waals surface area contributed by atoms with E-state index in [0.29, 0.717) is 6.42 Å². The van der Waals surface area contributed by atoms with Crippen LogP contribution in [0.25, 0.3) is 22.3 Å². The van der Waals surface area contributed by atoms with Crippen LogP contribution in [0.2, 0.25) is 0 Å². The van der Waals surface area contributed by atoms with Gasteiger partial charge in [0, 0.05) is 31.8 Å². The number of alkyl carbamates (subject to hydrolysis) is 1. The van der Waals surface area contributed by atoms with Gasteiger partial charge in [0.25, 0.3) is 16.7 Å². The summed E-state index contributed by atoms with van der Waals surface area (Å²) in [4.78, 5) is 112. The third-order valence-electron chi connectivity index (χ3n) is 12.1. The van der Waals surface area contributed by atoms with Gasteiger partial charge in [0.2, 0.25) is 18.5 Å². The number of imidazole rings is 2. The average Bonchev–Trinajstić information content (AvgIpc) is 4.38. The molecule has 1 amide bonds. The molecule has 79 heavy (non-hydrogen) atoms. The second kappa shape index (κ2) is 23.6. The van der Waals surface area contributed by atoms with E-state index >= 15 is 0 Å². The van der Waals surface area contributed by atoms with E-state index in [1.165, 1.54) is 27.1 Å². The number of nitrogens with one attached hydrogen (secondary N) is 3. The number of nitrogen functional groups attached to an aromatic ring is 2. The Balaban J connectivity index is 0.948. The predicted octanol–water partition coefficient (Wildman–Crippen LogP) is -3.48. The Bertz CT molecular complexity index is 3430. The molecule has 436 valence electrons. The molecule has 3 fully saturated rings. The van der Waals surface area contributed by atoms with E-state index in [1.807, 2.05) is 4.98 Å². The minimum atomic E-state index is -6.25. The molecule has 5 aromatic heterocycles. The van der Waals surface area contributed by atoms with Gasteiger partial charge in [-0.3, -0.25) is 46.8 Å². The average molecular weight is 1210 g/mol. The maximum absolute atomic E-state index is 13.6. The van der Waals surface area contributed by atoms with E-state index in [1.54, 1.807) is 6.92 Å². The number of H-pyrrole nitrogens is 2. The van der Waals surface area contributed by atoms with E-state index < -0.39 is 154 Å². The molecular formula is C36H52N13O26P4+. The fourth-order valence-corrected chi connectivity index (χ4v) is 13.1. The summed E-state index contributed by atoms with van der Waals surface area (Å²) in [5.74, 6) is -1.65. The molecule has 3 aliphatic heterocycles. The molecule has 0 aromatic carbocycles. The maximum atomic E-state index is 13.6. The van der Waals surface area contributed by atoms with E-state index in [4.69, 9.17) is 53.2 Å². The number of hydrogen-bond donors (Lipinski definition) is 12. The molecule has 8 rings (SSSR count). The molecule has 0 aliphatic carbocycles. The van der Waals surface area contributed by atoms with Crippen molar-refractivity contribution in [2.24, 2.45) is 13.0 Å². The summed E-state index contributed by atoms with van der Waals surface area (Å²) in [7, 11) is -21.1. The summed E-state index contributed by atoms with van der Waals surface area (Å²) in [5, 5.41) is 35.2. The van der Waals surface area contributed by atoms with E-state index in [0.717, 1.165) is 36.6 Å². The first-order chi connectivity index (χ1) is 37.1. The minimum absolute atomic E-state index is 0.00485. The first-order valence-electron chi connectivity index (χ1n) is 22.9. The second-order valence-corrected chi connectivity index (χ2v) is 23.4. The van der Waals surface area contributed by atoms with Gasteiger partial charge in [0.05, 0.1) is 45.9 Å². The number of aromatic nitrogens is 10. The number of phosphoric ester groups is 3. The van der Waals surface area contributed by atoms with Crippen molar-refractivity contribution in [2.75, 3.05) is 51.5 Å². The van der Waals surface area contributed by atoms with Crippen molar-refractivity contribution in [3.8, 4) is 0 Å². The molecule has 0 saturated carbocycles. The van der Waals surface area contributed by atoms with Crippen molar-refractivity contribution < 1.29 is 113 Å². The Morgan fingerprint density at radius 2 is 1.42 bits per heavy atom. The Kier molecular flexibility index (Phi) is 17.9. The number of amides is 1. The third kappa shape index (κ3) is 13.4. The lowest BCUT2D eigenvalue weighted by molar-refractivity contribution is -0.646. The number of ether oxygens (including phenoxy) is 5. The summed E-state index contributed by atoms with van der Waals surface area (Å²) in [6, 6.07) is 0.920. The zero-order valence-corrected chi connectivity index (χ0v) is 44.5. The molecule has 0 radical (unpaired) electrons. The minimum Gasteiger partial charge on any atom is -0.450 e. The fraction of sp³-hybridized carbons (Fsp3) is 0.583. The number of hydrogen-bond acceptors (Lipinski definition) is 28. The molecule has 0 bridgehead atoms. The number of phosphoric acid groups is 4. The highest BCUT2D eigenvalue weighted by Gasteiger charge is 2.54. The van der Waals surface area contributed by atoms with Crippen molar-refractivity contribution in [2.45, 2.75) is 80.9 Å². The smallest absolute Gasteiger partial charge is 0.450 e. The van der Waals surface area contributed by atoms with Gasteiger partial charge in [-0.1, -0.05) is 6.92 Å². The molecule has 8 heterocycles. The van der Waals surface area contributed by atoms with Crippen LogP contribution in [0.15, 0.2) is 45.6 Å². The van der Waals surface area contributed by atoms with Gasteiger partial charge in [-0.2, -0.15) is 18.2 Å². The number of carbonyl (C=O) groups excluding carboxylic acids is 1. The molecule has 0 spiro atoms. The lowest BCUT2D eigenvalue weighted by Gasteiger charge is -2.26. The Hall–Kier alpha value is -5.31. The van der Waals surface area contributed by atoms with E-state index in [2.05, 4.69) is 38.9 Å². The molecule has 16 atom stereocenters. The number of carbonyl (C=O) groups is 1. The number of aliphatic hydroxyl groups is 3. The van der Waals surface area contributed by atoms with Gasteiger partial charge >= 0.3 is 48.6 Å². The highest BCUT2D eigenvalue weighted by molar-refractivity contribution is 7.66. The van der Waals surface area contributed by atoms with Crippen molar-refractivity contribution in [1.29, 1.82) is 0 Å². The molecule has 43 heteroatoms. The van der Waals surface area contributed by atoms with Crippen molar-refractivity contribution in [3.05, 3.63) is 62.4 Å². The van der Waals surface area contributed by atoms with E-state index in [9.17, 15) is 72.3 Å². The quantitative estimate of drug-likeness (QED) is 0.0223. The number of methoxy groups -OCH3 is 1. The number of anilines is 2. The molecule has 5 aromatic rings. The third-order valence-corrected chi connectivity index (χ3v) is 17.3. The van der Waals surface area contributed by atoms with Gasteiger partial charge in [-0.15, -0.1) is 0 Å². The molecule has 3 aliphatic rings. The summed E-state index contributed by atoms with van der Waals surface area (Å²) in [6.07, 6.45) is -14.4. The zero-order chi connectivity index (χ0) is 57.5. The summed E-state index contributed by atoms with van der Waals surface area (Å²) in [5.41, 5.74) is 9.12. The van der Waals surface area contributed by atoms with Gasteiger partial charge in [-0.25, -0.2) is 47.4 Å². The zero-order valence-electron chi connectivity index (χ0n) is 41.0. The second-order valence-electron chi connectivity index (χ2n) is 17.4. The highest BCUT2D eigenvalue weighted by Crippen LogP contribution is 2.68. The van der Waals surface area contributed by atoms with Gasteiger partial charge < -0.3 is 75.4 Å². The van der Waals surface area contributed by atoms with Crippen LogP contribution in [-0.2, 0) is 75.7 Å². The lowest BCUT2D eigenvalue weighted by Crippen LogP contribution is -2.39. The largest absolute Gasteiger partial charge is 0.490 e. The summed E-state index contributed by atoms with van der Waals surface area (Å²) >= 11 is 0. The maximum Gasteiger partial charge on any atom is 0.490 e.